The fraction of sp³-hybridized carbons (Fsp3) is 0.429. The van der Waals surface area contributed by atoms with Gasteiger partial charge >= 0.3 is 0 Å². The van der Waals surface area contributed by atoms with E-state index >= 15 is 0 Å². The number of aryl methyl sites for hydroxylation is 1. The minimum absolute atomic E-state index is 0.00412. The molecule has 1 saturated heterocycles. The number of H-pyrrole nitrogens is 1. The van der Waals surface area contributed by atoms with Gasteiger partial charge in [0.25, 0.3) is 5.91 Å². The summed E-state index contributed by atoms with van der Waals surface area (Å²) in [5.41, 5.74) is 4.72. The lowest BCUT2D eigenvalue weighted by molar-refractivity contribution is 0.0226. The van der Waals surface area contributed by atoms with Gasteiger partial charge in [0.05, 0.1) is 5.54 Å². The number of benzene rings is 1. The Balaban J connectivity index is 1.47. The highest BCUT2D eigenvalue weighted by atomic mass is 16.2. The van der Waals surface area contributed by atoms with Crippen LogP contribution in [0, 0.1) is 0 Å². The quantitative estimate of drug-likeness (QED) is 0.723. The maximum Gasteiger partial charge on any atom is 0.272 e. The molecule has 0 unspecified atom stereocenters. The zero-order chi connectivity index (χ0) is 18.6. The van der Waals surface area contributed by atoms with E-state index in [2.05, 4.69) is 46.3 Å². The van der Waals surface area contributed by atoms with Gasteiger partial charge in [0.15, 0.2) is 0 Å². The minimum Gasteiger partial charge on any atom is -0.357 e. The summed E-state index contributed by atoms with van der Waals surface area (Å²) in [5, 5.41) is 5.49. The molecule has 2 aliphatic heterocycles. The summed E-state index contributed by atoms with van der Waals surface area (Å²) in [6.45, 7) is 2.59. The lowest BCUT2D eigenvalue weighted by atomic mass is 9.78. The number of nitrogens with zero attached hydrogens (tertiary/aromatic N) is 4. The number of likely N-dealkylation sites (tertiary alicyclic amines) is 1. The van der Waals surface area contributed by atoms with Crippen molar-refractivity contribution in [3.63, 3.8) is 0 Å². The second-order valence-electron chi connectivity index (χ2n) is 7.86. The van der Waals surface area contributed by atoms with Gasteiger partial charge in [-0.1, -0.05) is 18.2 Å². The Bertz CT molecular complexity index is 1010. The zero-order valence-corrected chi connectivity index (χ0v) is 15.9. The van der Waals surface area contributed by atoms with E-state index < -0.39 is 0 Å². The van der Waals surface area contributed by atoms with Crippen LogP contribution in [0.2, 0.25) is 0 Å². The van der Waals surface area contributed by atoms with E-state index in [0.717, 1.165) is 38.9 Å². The molecule has 2 aromatic heterocycles. The maximum atomic E-state index is 12.9. The van der Waals surface area contributed by atoms with Gasteiger partial charge in [-0.05, 0) is 44.0 Å². The molecule has 1 amide bonds. The fourth-order valence-corrected chi connectivity index (χ4v) is 5.00. The van der Waals surface area contributed by atoms with Crippen LogP contribution >= 0.6 is 0 Å². The molecule has 27 heavy (non-hydrogen) atoms. The van der Waals surface area contributed by atoms with E-state index in [1.165, 1.54) is 22.2 Å². The Labute approximate surface area is 158 Å². The number of amides is 1. The van der Waals surface area contributed by atoms with Crippen LogP contribution in [0.4, 0.5) is 0 Å². The molecule has 0 radical (unpaired) electrons. The third-order valence-electron chi connectivity index (χ3n) is 6.62. The highest BCUT2D eigenvalue weighted by Crippen LogP contribution is 2.44. The molecule has 4 heterocycles. The van der Waals surface area contributed by atoms with Crippen LogP contribution in [0.25, 0.3) is 10.9 Å². The van der Waals surface area contributed by atoms with Crippen molar-refractivity contribution in [3.05, 3.63) is 53.5 Å². The number of likely N-dealkylation sites (N-methyl/N-ethyl adjacent to an activating group) is 1. The van der Waals surface area contributed by atoms with Crippen LogP contribution in [-0.4, -0.2) is 57.2 Å². The Morgan fingerprint density at radius 1 is 1.11 bits per heavy atom. The Hall–Kier alpha value is -2.60. The van der Waals surface area contributed by atoms with Crippen LogP contribution in [0.1, 0.15) is 34.6 Å². The molecule has 3 aromatic rings. The van der Waals surface area contributed by atoms with Crippen LogP contribution in [0.15, 0.2) is 36.5 Å². The molecule has 140 valence electrons. The summed E-state index contributed by atoms with van der Waals surface area (Å²) in [7, 11) is 4.05. The number of para-hydroxylation sites is 1. The first-order valence-corrected chi connectivity index (χ1v) is 9.69. The Morgan fingerprint density at radius 3 is 2.63 bits per heavy atom. The van der Waals surface area contributed by atoms with Crippen molar-refractivity contribution in [2.45, 2.75) is 24.8 Å². The molecule has 0 aliphatic carbocycles. The average Bonchev–Trinajstić information content (AvgIpc) is 3.29. The Kier molecular flexibility index (Phi) is 3.65. The largest absolute Gasteiger partial charge is 0.357 e. The third-order valence-corrected chi connectivity index (χ3v) is 6.62. The summed E-state index contributed by atoms with van der Waals surface area (Å²) in [5.74, 6) is 0.0835. The van der Waals surface area contributed by atoms with Crippen molar-refractivity contribution in [1.82, 2.24) is 24.6 Å². The number of hydrogen-bond acceptors (Lipinski definition) is 3. The van der Waals surface area contributed by atoms with Gasteiger partial charge in [0.2, 0.25) is 0 Å². The topological polar surface area (TPSA) is 57.2 Å². The van der Waals surface area contributed by atoms with Gasteiger partial charge in [-0.2, -0.15) is 5.10 Å². The van der Waals surface area contributed by atoms with Gasteiger partial charge in [0.1, 0.15) is 5.69 Å². The Morgan fingerprint density at radius 2 is 1.89 bits per heavy atom. The summed E-state index contributed by atoms with van der Waals surface area (Å²) >= 11 is 0. The number of hydrogen-bond donors (Lipinski definition) is 1. The number of fused-ring (bicyclic) bond motifs is 4. The monoisotopic (exact) mass is 363 g/mol. The lowest BCUT2D eigenvalue weighted by Gasteiger charge is -2.49. The second-order valence-corrected chi connectivity index (χ2v) is 7.86. The molecule has 0 bridgehead atoms. The number of piperidine rings is 1. The SMILES string of the molecule is CN1CCc2c([nH]c3ccccc23)C12CCN(C(=O)c1ccnn1C)CC2. The number of rotatable bonds is 1. The van der Waals surface area contributed by atoms with Crippen LogP contribution in [-0.2, 0) is 19.0 Å². The molecule has 1 aromatic carbocycles. The molecule has 0 saturated carbocycles. The zero-order valence-electron chi connectivity index (χ0n) is 15.9. The van der Waals surface area contributed by atoms with Crippen molar-refractivity contribution in [2.24, 2.45) is 7.05 Å². The number of carbonyl (C=O) groups is 1. The van der Waals surface area contributed by atoms with Crippen LogP contribution in [0.5, 0.6) is 0 Å². The van der Waals surface area contributed by atoms with Crippen molar-refractivity contribution >= 4 is 16.8 Å². The highest BCUT2D eigenvalue weighted by Gasteiger charge is 2.45. The van der Waals surface area contributed by atoms with Crippen molar-refractivity contribution in [1.29, 1.82) is 0 Å². The highest BCUT2D eigenvalue weighted by molar-refractivity contribution is 5.92. The van der Waals surface area contributed by atoms with Crippen LogP contribution < -0.4 is 0 Å². The molecule has 6 nitrogen and oxygen atoms in total. The molecular formula is C21H25N5O. The third kappa shape index (κ3) is 2.36. The molecule has 2 aliphatic rings. The van der Waals surface area contributed by atoms with Gasteiger partial charge < -0.3 is 9.88 Å². The maximum absolute atomic E-state index is 12.9. The van der Waals surface area contributed by atoms with Gasteiger partial charge in [-0.3, -0.25) is 14.4 Å². The molecule has 1 fully saturated rings. The molecule has 1 N–H and O–H groups in total. The molecule has 0 atom stereocenters. The summed E-state index contributed by atoms with van der Waals surface area (Å²) < 4.78 is 1.66. The van der Waals surface area contributed by atoms with E-state index in [1.807, 2.05) is 11.9 Å². The molecular weight excluding hydrogens is 338 g/mol. The van der Waals surface area contributed by atoms with Crippen molar-refractivity contribution in [2.75, 3.05) is 26.7 Å². The predicted molar refractivity (Wildman–Crippen MR) is 105 cm³/mol. The molecule has 1 spiro atoms. The summed E-state index contributed by atoms with van der Waals surface area (Å²) in [6.07, 6.45) is 4.67. The first kappa shape index (κ1) is 16.6. The average molecular weight is 363 g/mol. The fourth-order valence-electron chi connectivity index (χ4n) is 5.00. The molecule has 5 rings (SSSR count). The van der Waals surface area contributed by atoms with Crippen molar-refractivity contribution in [3.8, 4) is 0 Å². The number of nitrogens with one attached hydrogen (secondary N) is 1. The minimum atomic E-state index is -0.00412. The van der Waals surface area contributed by atoms with Gasteiger partial charge in [-0.25, -0.2) is 0 Å². The van der Waals surface area contributed by atoms with E-state index in [9.17, 15) is 4.79 Å². The number of carbonyl (C=O) groups excluding carboxylic acids is 1. The van der Waals surface area contributed by atoms with E-state index in [-0.39, 0.29) is 11.4 Å². The standard InChI is InChI=1S/C21H25N5O/c1-24-12-8-16-15-5-3-4-6-17(15)23-19(16)21(24)9-13-26(14-10-21)20(27)18-7-11-22-25(18)2/h3-7,11,23H,8-10,12-14H2,1-2H3. The summed E-state index contributed by atoms with van der Waals surface area (Å²) in [4.78, 5) is 21.1. The van der Waals surface area contributed by atoms with E-state index in [0.29, 0.717) is 5.69 Å². The smallest absolute Gasteiger partial charge is 0.272 e. The summed E-state index contributed by atoms with van der Waals surface area (Å²) in [6, 6.07) is 10.4. The van der Waals surface area contributed by atoms with Crippen molar-refractivity contribution < 1.29 is 4.79 Å². The normalized spacial score (nSPS) is 19.6. The number of aromatic nitrogens is 3. The number of aromatic amines is 1. The van der Waals surface area contributed by atoms with E-state index in [1.54, 1.807) is 16.9 Å². The first-order valence-electron chi connectivity index (χ1n) is 9.69. The van der Waals surface area contributed by atoms with Crippen LogP contribution in [0.3, 0.4) is 0 Å². The predicted octanol–water partition coefficient (Wildman–Crippen LogP) is 2.52. The molecule has 6 heteroatoms. The van der Waals surface area contributed by atoms with Gasteiger partial charge in [0, 0.05) is 49.5 Å². The van der Waals surface area contributed by atoms with Gasteiger partial charge in [-0.15, -0.1) is 0 Å². The lowest BCUT2D eigenvalue weighted by Crippen LogP contribution is -2.55. The van der Waals surface area contributed by atoms with E-state index in [4.69, 9.17) is 0 Å². The second kappa shape index (κ2) is 5.96. The first-order chi connectivity index (χ1) is 13.1.